The molecule has 2 aromatic heterocycles. The molecular weight excluding hydrogens is 484 g/mol. The van der Waals surface area contributed by atoms with Crippen molar-refractivity contribution in [2.45, 2.75) is 0 Å². The van der Waals surface area contributed by atoms with E-state index < -0.39 is 0 Å². The van der Waals surface area contributed by atoms with Crippen LogP contribution in [0.3, 0.4) is 0 Å². The van der Waals surface area contributed by atoms with Gasteiger partial charge in [-0.05, 0) is 44.9 Å². The molecule has 0 amide bonds. The summed E-state index contributed by atoms with van der Waals surface area (Å²) in [5, 5.41) is 55.6. The van der Waals surface area contributed by atoms with Crippen molar-refractivity contribution in [2.75, 3.05) is 17.3 Å². The summed E-state index contributed by atoms with van der Waals surface area (Å²) in [5.41, 5.74) is 13.0. The van der Waals surface area contributed by atoms with Crippen LogP contribution in [0.2, 0.25) is 0 Å². The van der Waals surface area contributed by atoms with Crippen molar-refractivity contribution in [3.8, 4) is 11.5 Å². The van der Waals surface area contributed by atoms with E-state index >= 15 is 0 Å². The van der Waals surface area contributed by atoms with E-state index in [0.29, 0.717) is 11.1 Å². The fourth-order valence-corrected chi connectivity index (χ4v) is 2.75. The number of phenolic OH excluding ortho intramolecular Hbond substituents is 2. The first-order valence-corrected chi connectivity index (χ1v) is 10.5. The maximum Gasteiger partial charge on any atom is 0.203 e. The molecule has 0 unspecified atom stereocenters. The molecule has 0 aliphatic rings. The Hall–Kier alpha value is -5.80. The minimum atomic E-state index is -0.0853. The summed E-state index contributed by atoms with van der Waals surface area (Å²) in [6, 6.07) is 13.2. The lowest BCUT2D eigenvalue weighted by molar-refractivity contribution is 0.307. The van der Waals surface area contributed by atoms with Gasteiger partial charge >= 0.3 is 0 Å². The maximum absolute atomic E-state index is 9.76. The van der Waals surface area contributed by atoms with Crippen LogP contribution in [-0.2, 0) is 0 Å². The number of aromatic nitrogens is 4. The molecule has 16 nitrogen and oxygen atoms in total. The number of nitrogens with two attached hydrogens (primary N) is 2. The molecule has 0 atom stereocenters. The molecule has 2 aromatic carbocycles. The van der Waals surface area contributed by atoms with Gasteiger partial charge in [0.2, 0.25) is 11.6 Å². The monoisotopic (exact) mass is 504 g/mol. The number of nitrogens with zero attached hydrogens (tertiary/aromatic N) is 8. The number of nitrogens with one attached hydrogen (secondary N) is 2. The predicted octanol–water partition coefficient (Wildman–Crippen LogP) is 0.824. The number of hydrogen-bond donors (Lipinski definition) is 6. The summed E-state index contributed by atoms with van der Waals surface area (Å²) in [5.74, 6) is 0.255. The molecular formula is C21H20N12O4. The fraction of sp³-hybridized carbons (Fsp3) is 0.0476. The number of amidine groups is 2. The molecule has 4 rings (SSSR count). The van der Waals surface area contributed by atoms with Gasteiger partial charge in [-0.15, -0.1) is 10.2 Å². The average Bonchev–Trinajstić information content (AvgIpc) is 3.56. The zero-order chi connectivity index (χ0) is 26.0. The topological polar surface area (TPSA) is 244 Å². The highest BCUT2D eigenvalue weighted by atomic mass is 16.6. The molecule has 2 heterocycles. The van der Waals surface area contributed by atoms with Gasteiger partial charge < -0.3 is 32.3 Å². The van der Waals surface area contributed by atoms with E-state index in [1.165, 1.54) is 24.6 Å². The Labute approximate surface area is 208 Å². The molecule has 0 saturated carbocycles. The molecule has 4 aromatic rings. The molecule has 0 radical (unpaired) electrons. The summed E-state index contributed by atoms with van der Waals surface area (Å²) < 4.78 is 9.45. The Kier molecular flexibility index (Phi) is 7.60. The Bertz CT molecular complexity index is 1360. The lowest BCUT2D eigenvalue weighted by Crippen LogP contribution is -2.21. The first-order chi connectivity index (χ1) is 18.0. The second-order valence-electron chi connectivity index (χ2n) is 7.03. The Morgan fingerprint density at radius 2 is 1.16 bits per heavy atom. The molecule has 0 fully saturated rings. The van der Waals surface area contributed by atoms with Crippen LogP contribution in [0.1, 0.15) is 22.5 Å². The van der Waals surface area contributed by atoms with Crippen LogP contribution >= 0.6 is 0 Å². The molecule has 0 saturated heterocycles. The zero-order valence-electron chi connectivity index (χ0n) is 18.9. The molecule has 0 bridgehead atoms. The van der Waals surface area contributed by atoms with Gasteiger partial charge in [0.25, 0.3) is 0 Å². The van der Waals surface area contributed by atoms with Crippen LogP contribution in [0.25, 0.3) is 0 Å². The number of hydrogen-bond acceptors (Lipinski definition) is 14. The van der Waals surface area contributed by atoms with Crippen molar-refractivity contribution >= 4 is 35.7 Å². The second-order valence-corrected chi connectivity index (χ2v) is 7.03. The van der Waals surface area contributed by atoms with Crippen LogP contribution in [-0.4, -0.2) is 61.6 Å². The molecule has 37 heavy (non-hydrogen) atoms. The number of aromatic hydroxyl groups is 2. The number of benzene rings is 2. The average molecular weight is 504 g/mol. The highest BCUT2D eigenvalue weighted by molar-refractivity contribution is 6.00. The van der Waals surface area contributed by atoms with Gasteiger partial charge in [-0.25, -0.2) is 9.26 Å². The Morgan fingerprint density at radius 3 is 1.59 bits per heavy atom. The van der Waals surface area contributed by atoms with Gasteiger partial charge in [0, 0.05) is 11.1 Å². The fourth-order valence-electron chi connectivity index (χ4n) is 2.75. The number of phenols is 2. The van der Waals surface area contributed by atoms with Crippen molar-refractivity contribution in [1.29, 1.82) is 0 Å². The zero-order valence-corrected chi connectivity index (χ0v) is 18.9. The molecule has 16 heteroatoms. The first-order valence-electron chi connectivity index (χ1n) is 10.5. The van der Waals surface area contributed by atoms with Crippen molar-refractivity contribution in [3.05, 3.63) is 71.0 Å². The van der Waals surface area contributed by atoms with Crippen molar-refractivity contribution < 1.29 is 19.5 Å². The quantitative estimate of drug-likeness (QED) is 0.0760. The summed E-state index contributed by atoms with van der Waals surface area (Å²) >= 11 is 0. The number of anilines is 2. The highest BCUT2D eigenvalue weighted by Crippen LogP contribution is 2.15. The summed E-state index contributed by atoms with van der Waals surface area (Å²) in [6.45, 7) is 0.0469. The number of rotatable bonds is 10. The normalized spacial score (nSPS) is 12.4. The largest absolute Gasteiger partial charge is 0.507 e. The van der Waals surface area contributed by atoms with E-state index in [4.69, 9.17) is 20.7 Å². The van der Waals surface area contributed by atoms with Crippen LogP contribution < -0.4 is 22.1 Å². The molecule has 0 aliphatic heterocycles. The standard InChI is InChI=1S/C21H20N12O4/c22-18(28-26-9-12-5-1-3-7-14(12)34)16-20(32-36-30-16)24-11-25-21-17(31-37-33-21)19(23)29-27-10-13-6-2-4-8-15(13)35/h1-10,34-35H,11H2,(H2,22,28)(H2,23,29)(H,24,32)(H,25,33). The van der Waals surface area contributed by atoms with E-state index in [9.17, 15) is 10.2 Å². The van der Waals surface area contributed by atoms with Gasteiger partial charge in [-0.3, -0.25) is 0 Å². The van der Waals surface area contributed by atoms with E-state index in [1.807, 2.05) is 0 Å². The van der Waals surface area contributed by atoms with Gasteiger partial charge in [0.05, 0.1) is 19.1 Å². The summed E-state index contributed by atoms with van der Waals surface area (Å²) in [4.78, 5) is 0. The predicted molar refractivity (Wildman–Crippen MR) is 134 cm³/mol. The van der Waals surface area contributed by atoms with Crippen molar-refractivity contribution in [2.24, 2.45) is 31.9 Å². The lowest BCUT2D eigenvalue weighted by Gasteiger charge is -2.05. The van der Waals surface area contributed by atoms with Crippen LogP contribution in [0.4, 0.5) is 11.6 Å². The Balaban J connectivity index is 1.36. The minimum absolute atomic E-state index is 0.0469. The Morgan fingerprint density at radius 1 is 0.730 bits per heavy atom. The molecule has 0 spiro atoms. The second kappa shape index (κ2) is 11.6. The van der Waals surface area contributed by atoms with Crippen molar-refractivity contribution in [1.82, 2.24) is 20.6 Å². The summed E-state index contributed by atoms with van der Waals surface area (Å²) in [7, 11) is 0. The van der Waals surface area contributed by atoms with E-state index in [1.54, 1.807) is 36.4 Å². The molecule has 0 aliphatic carbocycles. The minimum Gasteiger partial charge on any atom is -0.507 e. The highest BCUT2D eigenvalue weighted by Gasteiger charge is 2.16. The third kappa shape index (κ3) is 6.21. The molecule has 8 N–H and O–H groups in total. The van der Waals surface area contributed by atoms with Gasteiger partial charge in [0.15, 0.2) is 23.1 Å². The van der Waals surface area contributed by atoms with E-state index in [-0.39, 0.29) is 52.9 Å². The lowest BCUT2D eigenvalue weighted by atomic mass is 10.2. The SMILES string of the molecule is NC(=NN=Cc1ccccc1O)c1nonc1NCNc1nonc1C(N)=NN=Cc1ccccc1O. The van der Waals surface area contributed by atoms with E-state index in [0.717, 1.165) is 0 Å². The first kappa shape index (κ1) is 24.3. The van der Waals surface area contributed by atoms with Gasteiger partial charge in [-0.1, -0.05) is 24.3 Å². The van der Waals surface area contributed by atoms with Gasteiger partial charge in [-0.2, -0.15) is 10.2 Å². The maximum atomic E-state index is 9.76. The van der Waals surface area contributed by atoms with Crippen LogP contribution in [0, 0.1) is 0 Å². The van der Waals surface area contributed by atoms with Gasteiger partial charge in [0.1, 0.15) is 11.5 Å². The summed E-state index contributed by atoms with van der Waals surface area (Å²) in [6.07, 6.45) is 2.67. The third-order valence-electron chi connectivity index (χ3n) is 4.57. The van der Waals surface area contributed by atoms with E-state index in [2.05, 4.69) is 51.7 Å². The smallest absolute Gasteiger partial charge is 0.203 e. The van der Waals surface area contributed by atoms with Crippen molar-refractivity contribution in [3.63, 3.8) is 0 Å². The number of para-hydroxylation sites is 2. The molecule has 188 valence electrons. The van der Waals surface area contributed by atoms with Crippen LogP contribution in [0.15, 0.2) is 78.2 Å². The third-order valence-corrected chi connectivity index (χ3v) is 4.57. The van der Waals surface area contributed by atoms with Crippen LogP contribution in [0.5, 0.6) is 11.5 Å².